The Kier molecular flexibility index (Phi) is 92.9. The van der Waals surface area contributed by atoms with E-state index >= 15 is 0 Å². The molecule has 0 saturated heterocycles. The average Bonchev–Trinajstić information content (AvgIpc) is 0.746. The topological polar surface area (TPSA) is 345 Å². The summed E-state index contributed by atoms with van der Waals surface area (Å²) in [5, 5.41) is 0. The zero-order chi connectivity index (χ0) is 86.4. The van der Waals surface area contributed by atoms with Crippen molar-refractivity contribution in [2.45, 2.75) is 158 Å². The Labute approximate surface area is 723 Å². The molecule has 0 aliphatic carbocycles. The molecule has 1 aliphatic rings. The van der Waals surface area contributed by atoms with E-state index in [0.717, 1.165) is 103 Å². The van der Waals surface area contributed by atoms with E-state index in [2.05, 4.69) is 55.4 Å². The molecule has 720 valence electrons. The summed E-state index contributed by atoms with van der Waals surface area (Å²) >= 11 is 0. The van der Waals surface area contributed by atoms with E-state index in [1.165, 1.54) is 0 Å². The van der Waals surface area contributed by atoms with Crippen molar-refractivity contribution in [3.63, 3.8) is 0 Å². The van der Waals surface area contributed by atoms with Crippen molar-refractivity contribution < 1.29 is 150 Å². The number of unbranched alkanes of at least 4 members (excludes halogenated alkanes) is 8. The molecule has 1 heterocycles. The maximum atomic E-state index is 7.09. The standard InChI is InChI=1S/C80H168N4O32P4/c1-9-17-25-85-33-41-93-49-57-101-65-73-109-117(110-74-66-102-58-50-94-42-34-86-26-18-10-2)81-118(111-75-67-103-59-51-95-43-35-87-27-19-11-3,112-76-68-104-60-52-96-44-36-88-28-20-12-4)83-120(115-79-71-107-63-55-99-47-39-91-31-23-15-7,116-80-72-108-64-56-100-48-40-92-32-24-16-8)84-119(82-117,113-77-69-105-61-53-97-45-37-89-29-21-13-5)114-78-70-106-62-54-98-46-38-90-30-22-14-6/h9-80H2,1-8H3. The number of ether oxygens (including phenoxy) is 24. The zero-order valence-electron chi connectivity index (χ0n) is 75.6. The lowest BCUT2D eigenvalue weighted by Gasteiger charge is -2.33. The predicted molar refractivity (Wildman–Crippen MR) is 464 cm³/mol. The highest BCUT2D eigenvalue weighted by Gasteiger charge is 2.44. The van der Waals surface area contributed by atoms with Crippen molar-refractivity contribution >= 4 is 30.6 Å². The second kappa shape index (κ2) is 94.7. The van der Waals surface area contributed by atoms with Gasteiger partial charge in [0.2, 0.25) is 0 Å². The second-order valence-electron chi connectivity index (χ2n) is 26.5. The van der Waals surface area contributed by atoms with E-state index in [1.54, 1.807) is 0 Å². The van der Waals surface area contributed by atoms with Gasteiger partial charge in [0.25, 0.3) is 0 Å². The number of rotatable bonds is 104. The molecule has 0 atom stereocenters. The van der Waals surface area contributed by atoms with E-state index < -0.39 is 30.6 Å². The minimum atomic E-state index is -4.45. The third-order valence-electron chi connectivity index (χ3n) is 15.9. The first-order chi connectivity index (χ1) is 59.3. The van der Waals surface area contributed by atoms with Crippen molar-refractivity contribution in [2.75, 3.05) is 370 Å². The van der Waals surface area contributed by atoms with Gasteiger partial charge in [0.1, 0.15) is 0 Å². The molecule has 0 aromatic heterocycles. The van der Waals surface area contributed by atoms with Crippen LogP contribution in [0.5, 0.6) is 0 Å². The van der Waals surface area contributed by atoms with Gasteiger partial charge in [-0.1, -0.05) is 107 Å². The molecular weight excluding hydrogens is 1650 g/mol. The molecule has 120 heavy (non-hydrogen) atoms. The minimum absolute atomic E-state index is 0.00106. The van der Waals surface area contributed by atoms with Gasteiger partial charge in [0.05, 0.1) is 317 Å². The molecule has 0 fully saturated rings. The van der Waals surface area contributed by atoms with Gasteiger partial charge < -0.3 is 150 Å². The fraction of sp³-hybridized carbons (Fsp3) is 1.00. The molecular formula is C80H168N4O32P4. The molecule has 0 amide bonds. The largest absolute Gasteiger partial charge is 0.379 e. The summed E-state index contributed by atoms with van der Waals surface area (Å²) in [6.07, 6.45) is 16.0. The third kappa shape index (κ3) is 77.6. The Bertz CT molecular complexity index is 1860. The van der Waals surface area contributed by atoms with Crippen molar-refractivity contribution in [1.29, 1.82) is 0 Å². The highest BCUT2D eigenvalue weighted by molar-refractivity contribution is 7.78. The lowest BCUT2D eigenvalue weighted by Crippen LogP contribution is -2.16. The fourth-order valence-electron chi connectivity index (χ4n) is 9.23. The van der Waals surface area contributed by atoms with Crippen LogP contribution in [0.3, 0.4) is 0 Å². The van der Waals surface area contributed by atoms with Gasteiger partial charge in [0.15, 0.2) is 0 Å². The minimum Gasteiger partial charge on any atom is -0.379 e. The van der Waals surface area contributed by atoms with E-state index in [-0.39, 0.29) is 211 Å². The van der Waals surface area contributed by atoms with Crippen LogP contribution in [-0.2, 0) is 150 Å². The highest BCUT2D eigenvalue weighted by Crippen LogP contribution is 2.81. The molecule has 36 nitrogen and oxygen atoms in total. The number of hydrogen-bond acceptors (Lipinski definition) is 36. The lowest BCUT2D eigenvalue weighted by atomic mass is 10.4. The molecule has 1 rings (SSSR count). The molecule has 0 N–H and O–H groups in total. The lowest BCUT2D eigenvalue weighted by molar-refractivity contribution is 0.00407. The van der Waals surface area contributed by atoms with Crippen LogP contribution in [0.25, 0.3) is 0 Å². The average molecular weight is 1820 g/mol. The maximum absolute atomic E-state index is 7.09. The van der Waals surface area contributed by atoms with Crippen LogP contribution < -0.4 is 0 Å². The number of nitrogens with zero attached hydrogens (tertiary/aromatic N) is 4. The van der Waals surface area contributed by atoms with Crippen LogP contribution in [0.1, 0.15) is 158 Å². The van der Waals surface area contributed by atoms with Crippen LogP contribution in [0.2, 0.25) is 0 Å². The molecule has 0 spiro atoms. The summed E-state index contributed by atoms with van der Waals surface area (Å²) in [6, 6.07) is 0. The molecule has 0 unspecified atom stereocenters. The van der Waals surface area contributed by atoms with Crippen LogP contribution in [0.15, 0.2) is 18.1 Å². The molecule has 0 radical (unpaired) electrons. The normalized spacial score (nSPS) is 14.3. The van der Waals surface area contributed by atoms with Crippen molar-refractivity contribution in [1.82, 2.24) is 0 Å². The summed E-state index contributed by atoms with van der Waals surface area (Å²) < 4.78 is 222. The summed E-state index contributed by atoms with van der Waals surface area (Å²) in [5.74, 6) is 0. The highest BCUT2D eigenvalue weighted by atomic mass is 31.3. The molecule has 0 aromatic carbocycles. The summed E-state index contributed by atoms with van der Waals surface area (Å²) in [6.45, 7) is 31.5. The Morgan fingerprint density at radius 1 is 0.108 bits per heavy atom. The first-order valence-electron chi connectivity index (χ1n) is 44.9. The van der Waals surface area contributed by atoms with E-state index in [4.69, 9.17) is 168 Å². The van der Waals surface area contributed by atoms with Crippen molar-refractivity contribution in [3.8, 4) is 0 Å². The van der Waals surface area contributed by atoms with Crippen LogP contribution in [0, 0.1) is 0 Å². The predicted octanol–water partition coefficient (Wildman–Crippen LogP) is 14.7. The summed E-state index contributed by atoms with van der Waals surface area (Å²) in [4.78, 5) is 0. The fourth-order valence-corrected chi connectivity index (χ4v) is 21.8. The van der Waals surface area contributed by atoms with Crippen LogP contribution in [0.4, 0.5) is 0 Å². The van der Waals surface area contributed by atoms with Gasteiger partial charge in [-0.3, -0.25) is 0 Å². The maximum Gasteiger partial charge on any atom is 0.349 e. The Balaban J connectivity index is 4.63. The van der Waals surface area contributed by atoms with Gasteiger partial charge in [-0.25, -0.2) is 0 Å². The smallest absolute Gasteiger partial charge is 0.349 e. The van der Waals surface area contributed by atoms with Crippen molar-refractivity contribution in [2.24, 2.45) is 18.1 Å². The number of hydrogen-bond donors (Lipinski definition) is 0. The van der Waals surface area contributed by atoms with Gasteiger partial charge in [-0.15, -0.1) is 18.1 Å². The second-order valence-corrected chi connectivity index (χ2v) is 35.4. The monoisotopic (exact) mass is 1820 g/mol. The Morgan fingerprint density at radius 3 is 0.267 bits per heavy atom. The van der Waals surface area contributed by atoms with Gasteiger partial charge >= 0.3 is 30.6 Å². The van der Waals surface area contributed by atoms with Crippen LogP contribution in [-0.4, -0.2) is 370 Å². The van der Waals surface area contributed by atoms with E-state index in [0.29, 0.717) is 159 Å². The zero-order valence-corrected chi connectivity index (χ0v) is 79.1. The summed E-state index contributed by atoms with van der Waals surface area (Å²) in [7, 11) is -17.8. The SMILES string of the molecule is CCCCOCCOCCOCCOP1(OCCOCCOCCOCCCC)=NP(OCCOCCOCCOCCCC)(OCCOCCOCCOCCCC)=NP(OCCOCCOCCOCCCC)(OCCOCCOCCOCCCC)=NP(OCCOCCOCCOCCCC)(OCCOCCOCCOCCCC)=N1. The summed E-state index contributed by atoms with van der Waals surface area (Å²) in [5.41, 5.74) is 0. The Morgan fingerprint density at radius 2 is 0.183 bits per heavy atom. The van der Waals surface area contributed by atoms with E-state index in [1.807, 2.05) is 0 Å². The van der Waals surface area contributed by atoms with Gasteiger partial charge in [-0.2, -0.15) is 0 Å². The van der Waals surface area contributed by atoms with Gasteiger partial charge in [-0.05, 0) is 51.4 Å². The Hall–Kier alpha value is -0.360. The van der Waals surface area contributed by atoms with Gasteiger partial charge in [0, 0.05) is 52.9 Å². The first-order valence-corrected chi connectivity index (χ1v) is 51.0. The van der Waals surface area contributed by atoms with Crippen molar-refractivity contribution in [3.05, 3.63) is 0 Å². The molecule has 40 heteroatoms. The molecule has 0 aromatic rings. The van der Waals surface area contributed by atoms with E-state index in [9.17, 15) is 0 Å². The van der Waals surface area contributed by atoms with Crippen LogP contribution >= 0.6 is 30.6 Å². The first kappa shape index (κ1) is 118. The molecule has 0 bridgehead atoms. The molecule has 1 aliphatic heterocycles. The molecule has 0 saturated carbocycles. The quantitative estimate of drug-likeness (QED) is 0.0403. The third-order valence-corrected chi connectivity index (χ3v) is 27.3.